The summed E-state index contributed by atoms with van der Waals surface area (Å²) in [6, 6.07) is 4.48. The van der Waals surface area contributed by atoms with Gasteiger partial charge in [-0.15, -0.1) is 11.3 Å². The van der Waals surface area contributed by atoms with Gasteiger partial charge in [-0.25, -0.2) is 0 Å². The number of amides is 1. The highest BCUT2D eigenvalue weighted by Gasteiger charge is 2.19. The number of hydrogen-bond donors (Lipinski definition) is 2. The van der Waals surface area contributed by atoms with Crippen LogP contribution in [0.1, 0.15) is 49.3 Å². The van der Waals surface area contributed by atoms with Crippen LogP contribution in [0.2, 0.25) is 0 Å². The Hall–Kier alpha value is -0.870. The Morgan fingerprint density at radius 1 is 1.44 bits per heavy atom. The van der Waals surface area contributed by atoms with Crippen molar-refractivity contribution >= 4 is 17.2 Å². The van der Waals surface area contributed by atoms with Crippen molar-refractivity contribution in [2.45, 2.75) is 50.5 Å². The van der Waals surface area contributed by atoms with Gasteiger partial charge in [0, 0.05) is 29.8 Å². The number of hydrogen-bond acceptors (Lipinski definition) is 3. The summed E-state index contributed by atoms with van der Waals surface area (Å²) in [6.45, 7) is 0.540. The van der Waals surface area contributed by atoms with Crippen molar-refractivity contribution < 1.29 is 4.79 Å². The van der Waals surface area contributed by atoms with Crippen LogP contribution in [0.15, 0.2) is 17.5 Å². The van der Waals surface area contributed by atoms with Gasteiger partial charge >= 0.3 is 0 Å². The van der Waals surface area contributed by atoms with Gasteiger partial charge in [-0.3, -0.25) is 4.79 Å². The summed E-state index contributed by atoms with van der Waals surface area (Å²) >= 11 is 1.68. The lowest BCUT2D eigenvalue weighted by molar-refractivity contribution is -0.122. The number of nitrogens with one attached hydrogen (secondary N) is 1. The lowest BCUT2D eigenvalue weighted by Gasteiger charge is -2.23. The molecule has 0 bridgehead atoms. The number of carbonyl (C=O) groups excluding carboxylic acids is 1. The van der Waals surface area contributed by atoms with Crippen molar-refractivity contribution in [3.8, 4) is 0 Å². The fraction of sp³-hybridized carbons (Fsp3) is 0.643. The molecule has 1 aromatic rings. The second-order valence-corrected chi connectivity index (χ2v) is 6.03. The fourth-order valence-electron chi connectivity index (χ4n) is 2.58. The molecule has 1 atom stereocenters. The molecule has 1 unspecified atom stereocenters. The third kappa shape index (κ3) is 3.82. The lowest BCUT2D eigenvalue weighted by atomic mass is 9.95. The van der Waals surface area contributed by atoms with E-state index in [2.05, 4.69) is 11.4 Å². The van der Waals surface area contributed by atoms with Gasteiger partial charge in [-0.1, -0.05) is 25.3 Å². The van der Waals surface area contributed by atoms with Gasteiger partial charge in [-0.2, -0.15) is 0 Å². The third-order valence-corrected chi connectivity index (χ3v) is 4.67. The monoisotopic (exact) mass is 266 g/mol. The molecule has 1 aliphatic carbocycles. The predicted molar refractivity (Wildman–Crippen MR) is 75.7 cm³/mol. The zero-order valence-corrected chi connectivity index (χ0v) is 11.5. The minimum Gasteiger partial charge on any atom is -0.353 e. The van der Waals surface area contributed by atoms with Gasteiger partial charge in [0.05, 0.1) is 0 Å². The molecule has 2 rings (SSSR count). The largest absolute Gasteiger partial charge is 0.353 e. The van der Waals surface area contributed by atoms with Crippen LogP contribution >= 0.6 is 11.3 Å². The summed E-state index contributed by atoms with van der Waals surface area (Å²) in [5.41, 5.74) is 5.77. The minimum absolute atomic E-state index is 0.158. The van der Waals surface area contributed by atoms with Gasteiger partial charge in [0.15, 0.2) is 0 Å². The van der Waals surface area contributed by atoms with Gasteiger partial charge in [-0.05, 0) is 24.3 Å². The summed E-state index contributed by atoms with van der Waals surface area (Å²) in [4.78, 5) is 13.2. The molecule has 1 heterocycles. The third-order valence-electron chi connectivity index (χ3n) is 3.63. The summed E-state index contributed by atoms with van der Waals surface area (Å²) < 4.78 is 0. The molecular weight excluding hydrogens is 244 g/mol. The van der Waals surface area contributed by atoms with Crippen LogP contribution in [0.5, 0.6) is 0 Å². The molecule has 3 N–H and O–H groups in total. The van der Waals surface area contributed by atoms with E-state index in [4.69, 9.17) is 5.73 Å². The number of rotatable bonds is 5. The van der Waals surface area contributed by atoms with Crippen LogP contribution in [0.3, 0.4) is 0 Å². The first-order chi connectivity index (χ1) is 8.79. The average Bonchev–Trinajstić information content (AvgIpc) is 2.91. The highest BCUT2D eigenvalue weighted by Crippen LogP contribution is 2.24. The van der Waals surface area contributed by atoms with Gasteiger partial charge in [0.25, 0.3) is 0 Å². The van der Waals surface area contributed by atoms with Crippen molar-refractivity contribution in [2.75, 3.05) is 6.54 Å². The summed E-state index contributed by atoms with van der Waals surface area (Å²) in [5.74, 6) is 0.333. The van der Waals surface area contributed by atoms with Crippen LogP contribution in [0.25, 0.3) is 0 Å². The maximum Gasteiger partial charge on any atom is 0.220 e. The van der Waals surface area contributed by atoms with E-state index in [-0.39, 0.29) is 11.8 Å². The van der Waals surface area contributed by atoms with Gasteiger partial charge in [0.2, 0.25) is 5.91 Å². The van der Waals surface area contributed by atoms with Crippen molar-refractivity contribution in [1.82, 2.24) is 5.32 Å². The van der Waals surface area contributed by atoms with E-state index in [0.717, 1.165) is 12.8 Å². The molecule has 0 aliphatic heterocycles. The van der Waals surface area contributed by atoms with Crippen LogP contribution in [0, 0.1) is 0 Å². The van der Waals surface area contributed by atoms with E-state index in [9.17, 15) is 4.79 Å². The first kappa shape index (κ1) is 13.6. The SMILES string of the molecule is NCC(CC(=O)NC1CCCCC1)c1cccs1. The van der Waals surface area contributed by atoms with E-state index in [1.54, 1.807) is 11.3 Å². The van der Waals surface area contributed by atoms with Crippen molar-refractivity contribution in [1.29, 1.82) is 0 Å². The van der Waals surface area contributed by atoms with Gasteiger partial charge in [0.1, 0.15) is 0 Å². The molecule has 0 radical (unpaired) electrons. The van der Waals surface area contributed by atoms with Crippen LogP contribution in [-0.4, -0.2) is 18.5 Å². The highest BCUT2D eigenvalue weighted by molar-refractivity contribution is 7.10. The summed E-state index contributed by atoms with van der Waals surface area (Å²) in [7, 11) is 0. The van der Waals surface area contributed by atoms with Crippen molar-refractivity contribution in [3.05, 3.63) is 22.4 Å². The van der Waals surface area contributed by atoms with E-state index in [1.807, 2.05) is 11.4 Å². The number of nitrogens with two attached hydrogens (primary N) is 1. The Balaban J connectivity index is 1.82. The minimum atomic E-state index is 0.158. The van der Waals surface area contributed by atoms with Crippen LogP contribution in [-0.2, 0) is 4.79 Å². The molecule has 1 saturated carbocycles. The average molecular weight is 266 g/mol. The topological polar surface area (TPSA) is 55.1 Å². The molecule has 1 aromatic heterocycles. The summed E-state index contributed by atoms with van der Waals surface area (Å²) in [6.07, 6.45) is 6.60. The fourth-order valence-corrected chi connectivity index (χ4v) is 3.42. The molecule has 1 aliphatic rings. The molecule has 3 nitrogen and oxygen atoms in total. The van der Waals surface area contributed by atoms with E-state index >= 15 is 0 Å². The number of carbonyl (C=O) groups is 1. The zero-order valence-electron chi connectivity index (χ0n) is 10.7. The molecule has 0 saturated heterocycles. The second kappa shape index (κ2) is 6.90. The summed E-state index contributed by atoms with van der Waals surface area (Å²) in [5, 5.41) is 5.19. The molecule has 4 heteroatoms. The lowest BCUT2D eigenvalue weighted by Crippen LogP contribution is -2.37. The standard InChI is InChI=1S/C14H22N2OS/c15-10-11(13-7-4-8-18-13)9-14(17)16-12-5-2-1-3-6-12/h4,7-8,11-12H,1-3,5-6,9-10,15H2,(H,16,17). The van der Waals surface area contributed by atoms with Gasteiger partial charge < -0.3 is 11.1 Å². The molecule has 100 valence electrons. The first-order valence-corrected chi connectivity index (χ1v) is 7.70. The predicted octanol–water partition coefficient (Wildman–Crippen LogP) is 2.63. The maximum atomic E-state index is 12.0. The van der Waals surface area contributed by atoms with Crippen LogP contribution in [0.4, 0.5) is 0 Å². The highest BCUT2D eigenvalue weighted by atomic mass is 32.1. The van der Waals surface area contributed by atoms with Crippen molar-refractivity contribution in [2.24, 2.45) is 5.73 Å². The Labute approximate surface area is 113 Å². The Morgan fingerprint density at radius 3 is 2.83 bits per heavy atom. The van der Waals surface area contributed by atoms with E-state index < -0.39 is 0 Å². The molecule has 1 amide bonds. The first-order valence-electron chi connectivity index (χ1n) is 6.82. The van der Waals surface area contributed by atoms with Crippen LogP contribution < -0.4 is 11.1 Å². The second-order valence-electron chi connectivity index (χ2n) is 5.05. The van der Waals surface area contributed by atoms with Crippen molar-refractivity contribution in [3.63, 3.8) is 0 Å². The zero-order chi connectivity index (χ0) is 12.8. The smallest absolute Gasteiger partial charge is 0.220 e. The Bertz CT molecular complexity index is 358. The Kier molecular flexibility index (Phi) is 5.20. The molecule has 0 aromatic carbocycles. The molecular formula is C14H22N2OS. The molecule has 0 spiro atoms. The van der Waals surface area contributed by atoms with E-state index in [1.165, 1.54) is 24.1 Å². The maximum absolute atomic E-state index is 12.0. The number of thiophene rings is 1. The Morgan fingerprint density at radius 2 is 2.22 bits per heavy atom. The quantitative estimate of drug-likeness (QED) is 0.861. The normalized spacial score (nSPS) is 18.5. The molecule has 1 fully saturated rings. The molecule has 18 heavy (non-hydrogen) atoms. The van der Waals surface area contributed by atoms with E-state index in [0.29, 0.717) is 19.0 Å².